The summed E-state index contributed by atoms with van der Waals surface area (Å²) in [4.78, 5) is 6.19. The SMILES string of the molecule is CC(Cn1cncc1C(N)CO)N(C)C. The predicted molar refractivity (Wildman–Crippen MR) is 59.4 cm³/mol. The summed E-state index contributed by atoms with van der Waals surface area (Å²) < 4.78 is 1.99. The lowest BCUT2D eigenvalue weighted by Gasteiger charge is -2.22. The molecule has 1 aromatic rings. The number of aliphatic hydroxyl groups is 1. The average Bonchev–Trinajstić information content (AvgIpc) is 2.64. The van der Waals surface area contributed by atoms with Crippen molar-refractivity contribution < 1.29 is 5.11 Å². The zero-order valence-corrected chi connectivity index (χ0v) is 9.59. The maximum atomic E-state index is 9.00. The molecule has 0 radical (unpaired) electrons. The van der Waals surface area contributed by atoms with Gasteiger partial charge in [-0.25, -0.2) is 4.98 Å². The van der Waals surface area contributed by atoms with Crippen molar-refractivity contribution in [1.29, 1.82) is 0 Å². The molecular weight excluding hydrogens is 192 g/mol. The molecule has 3 N–H and O–H groups in total. The van der Waals surface area contributed by atoms with Crippen LogP contribution in [0.25, 0.3) is 0 Å². The largest absolute Gasteiger partial charge is 0.394 e. The lowest BCUT2D eigenvalue weighted by molar-refractivity contribution is 0.253. The van der Waals surface area contributed by atoms with E-state index < -0.39 is 0 Å². The molecule has 0 amide bonds. The van der Waals surface area contributed by atoms with E-state index in [1.165, 1.54) is 0 Å². The minimum atomic E-state index is -0.345. The summed E-state index contributed by atoms with van der Waals surface area (Å²) in [5.41, 5.74) is 6.65. The van der Waals surface area contributed by atoms with Crippen LogP contribution in [0, 0.1) is 0 Å². The number of nitrogens with two attached hydrogens (primary N) is 1. The second kappa shape index (κ2) is 5.25. The van der Waals surface area contributed by atoms with Crippen LogP contribution in [0.15, 0.2) is 12.5 Å². The van der Waals surface area contributed by atoms with Gasteiger partial charge in [-0.3, -0.25) is 0 Å². The fourth-order valence-corrected chi connectivity index (χ4v) is 1.33. The highest BCUT2D eigenvalue weighted by atomic mass is 16.3. The van der Waals surface area contributed by atoms with Gasteiger partial charge in [0.15, 0.2) is 0 Å². The van der Waals surface area contributed by atoms with Gasteiger partial charge in [0.05, 0.1) is 24.7 Å². The Morgan fingerprint density at radius 2 is 2.27 bits per heavy atom. The van der Waals surface area contributed by atoms with Gasteiger partial charge in [0, 0.05) is 18.8 Å². The van der Waals surface area contributed by atoms with Gasteiger partial charge < -0.3 is 20.3 Å². The summed E-state index contributed by atoms with van der Waals surface area (Å²) in [6.45, 7) is 2.91. The highest BCUT2D eigenvalue weighted by Gasteiger charge is 2.13. The smallest absolute Gasteiger partial charge is 0.0949 e. The molecule has 5 nitrogen and oxygen atoms in total. The molecule has 1 rings (SSSR count). The van der Waals surface area contributed by atoms with E-state index in [0.29, 0.717) is 6.04 Å². The Kier molecular flexibility index (Phi) is 4.26. The second-order valence-electron chi connectivity index (χ2n) is 4.07. The van der Waals surface area contributed by atoms with Crippen molar-refractivity contribution in [2.45, 2.75) is 25.6 Å². The number of hydrogen-bond acceptors (Lipinski definition) is 4. The third-order valence-corrected chi connectivity index (χ3v) is 2.66. The molecule has 0 aliphatic rings. The van der Waals surface area contributed by atoms with Crippen molar-refractivity contribution in [2.75, 3.05) is 20.7 Å². The summed E-state index contributed by atoms with van der Waals surface area (Å²) in [6.07, 6.45) is 3.47. The zero-order valence-electron chi connectivity index (χ0n) is 9.59. The van der Waals surface area contributed by atoms with Gasteiger partial charge in [0.2, 0.25) is 0 Å². The van der Waals surface area contributed by atoms with E-state index >= 15 is 0 Å². The lowest BCUT2D eigenvalue weighted by atomic mass is 10.2. The number of aliphatic hydroxyl groups excluding tert-OH is 1. The Hall–Kier alpha value is -0.910. The zero-order chi connectivity index (χ0) is 11.4. The van der Waals surface area contributed by atoms with E-state index in [2.05, 4.69) is 16.8 Å². The number of rotatable bonds is 5. The number of hydrogen-bond donors (Lipinski definition) is 2. The van der Waals surface area contributed by atoms with Gasteiger partial charge in [-0.05, 0) is 21.0 Å². The van der Waals surface area contributed by atoms with Crippen LogP contribution >= 0.6 is 0 Å². The van der Waals surface area contributed by atoms with E-state index in [-0.39, 0.29) is 12.6 Å². The first-order chi connectivity index (χ1) is 7.06. The summed E-state index contributed by atoms with van der Waals surface area (Å²) in [6, 6.07) is 0.0608. The van der Waals surface area contributed by atoms with Crippen LogP contribution in [-0.2, 0) is 6.54 Å². The molecule has 2 unspecified atom stereocenters. The average molecular weight is 212 g/mol. The van der Waals surface area contributed by atoms with Crippen molar-refractivity contribution >= 4 is 0 Å². The number of nitrogens with zero attached hydrogens (tertiary/aromatic N) is 3. The van der Waals surface area contributed by atoms with E-state index in [1.807, 2.05) is 18.7 Å². The van der Waals surface area contributed by atoms with Crippen LogP contribution in [0.5, 0.6) is 0 Å². The molecule has 86 valence electrons. The molecule has 0 aromatic carbocycles. The van der Waals surface area contributed by atoms with Gasteiger partial charge in [-0.1, -0.05) is 0 Å². The quantitative estimate of drug-likeness (QED) is 0.711. The minimum Gasteiger partial charge on any atom is -0.394 e. The predicted octanol–water partition coefficient (Wildman–Crippen LogP) is -0.175. The molecule has 15 heavy (non-hydrogen) atoms. The molecule has 5 heteroatoms. The van der Waals surface area contributed by atoms with Gasteiger partial charge in [-0.2, -0.15) is 0 Å². The Bertz CT molecular complexity index is 297. The molecule has 0 aliphatic heterocycles. The fraction of sp³-hybridized carbons (Fsp3) is 0.700. The molecule has 2 atom stereocenters. The van der Waals surface area contributed by atoms with Gasteiger partial charge >= 0.3 is 0 Å². The molecular formula is C10H20N4O. The summed E-state index contributed by atoms with van der Waals surface area (Å²) in [5.74, 6) is 0. The third kappa shape index (κ3) is 3.02. The Morgan fingerprint density at radius 3 is 2.80 bits per heavy atom. The van der Waals surface area contributed by atoms with Crippen LogP contribution in [0.3, 0.4) is 0 Å². The first-order valence-electron chi connectivity index (χ1n) is 5.09. The van der Waals surface area contributed by atoms with Gasteiger partial charge in [0.1, 0.15) is 0 Å². The highest BCUT2D eigenvalue weighted by molar-refractivity contribution is 5.04. The molecule has 0 aliphatic carbocycles. The van der Waals surface area contributed by atoms with Gasteiger partial charge in [0.25, 0.3) is 0 Å². The van der Waals surface area contributed by atoms with Crippen LogP contribution in [0.2, 0.25) is 0 Å². The van der Waals surface area contributed by atoms with Crippen LogP contribution in [0.4, 0.5) is 0 Å². The van der Waals surface area contributed by atoms with Crippen LogP contribution in [-0.4, -0.2) is 46.3 Å². The maximum Gasteiger partial charge on any atom is 0.0949 e. The van der Waals surface area contributed by atoms with E-state index in [0.717, 1.165) is 12.2 Å². The molecule has 1 aromatic heterocycles. The van der Waals surface area contributed by atoms with Gasteiger partial charge in [-0.15, -0.1) is 0 Å². The maximum absolute atomic E-state index is 9.00. The first kappa shape index (κ1) is 12.2. The second-order valence-corrected chi connectivity index (χ2v) is 4.07. The molecule has 1 heterocycles. The number of likely N-dealkylation sites (N-methyl/N-ethyl adjacent to an activating group) is 1. The fourth-order valence-electron chi connectivity index (χ4n) is 1.33. The normalized spacial score (nSPS) is 15.6. The standard InChI is InChI=1S/C10H20N4O/c1-8(13(2)3)5-14-7-12-4-10(14)9(11)6-15/h4,7-9,15H,5-6,11H2,1-3H3. The van der Waals surface area contributed by atoms with Crippen molar-refractivity contribution in [3.8, 4) is 0 Å². The van der Waals surface area contributed by atoms with Crippen molar-refractivity contribution in [1.82, 2.24) is 14.5 Å². The van der Waals surface area contributed by atoms with Crippen molar-refractivity contribution in [3.63, 3.8) is 0 Å². The number of aromatic nitrogens is 2. The highest BCUT2D eigenvalue weighted by Crippen LogP contribution is 2.10. The third-order valence-electron chi connectivity index (χ3n) is 2.66. The van der Waals surface area contributed by atoms with E-state index in [1.54, 1.807) is 12.5 Å². The summed E-state index contributed by atoms with van der Waals surface area (Å²) in [5, 5.41) is 9.00. The number of imidazole rings is 1. The topological polar surface area (TPSA) is 67.3 Å². The minimum absolute atomic E-state index is 0.0535. The Labute approximate surface area is 90.5 Å². The Morgan fingerprint density at radius 1 is 1.60 bits per heavy atom. The summed E-state index contributed by atoms with van der Waals surface area (Å²) >= 11 is 0. The first-order valence-corrected chi connectivity index (χ1v) is 5.09. The van der Waals surface area contributed by atoms with E-state index in [4.69, 9.17) is 10.8 Å². The van der Waals surface area contributed by atoms with Crippen LogP contribution in [0.1, 0.15) is 18.7 Å². The molecule has 0 spiro atoms. The monoisotopic (exact) mass is 212 g/mol. The molecule has 0 saturated heterocycles. The molecule has 0 bridgehead atoms. The lowest BCUT2D eigenvalue weighted by Crippen LogP contribution is -2.30. The van der Waals surface area contributed by atoms with Crippen molar-refractivity contribution in [3.05, 3.63) is 18.2 Å². The van der Waals surface area contributed by atoms with E-state index in [9.17, 15) is 0 Å². The van der Waals surface area contributed by atoms with Crippen molar-refractivity contribution in [2.24, 2.45) is 5.73 Å². The van der Waals surface area contributed by atoms with Crippen LogP contribution < -0.4 is 5.73 Å². The molecule has 0 fully saturated rings. The molecule has 0 saturated carbocycles. The summed E-state index contributed by atoms with van der Waals surface area (Å²) in [7, 11) is 4.07. The Balaban J connectivity index is 2.73.